The molecule has 1 N–H and O–H groups in total. The van der Waals surface area contributed by atoms with Crippen LogP contribution in [0.3, 0.4) is 0 Å². The Labute approximate surface area is 112 Å². The maximum atomic E-state index is 14.1. The quantitative estimate of drug-likeness (QED) is 0.887. The molecule has 1 aliphatic rings. The Balaban J connectivity index is 2.51. The van der Waals surface area contributed by atoms with Crippen molar-refractivity contribution in [2.75, 3.05) is 7.11 Å². The number of hydrogen-bond donors (Lipinski definition) is 1. The van der Waals surface area contributed by atoms with Crippen LogP contribution in [0.15, 0.2) is 12.1 Å². The summed E-state index contributed by atoms with van der Waals surface area (Å²) >= 11 is 0. The van der Waals surface area contributed by atoms with Crippen molar-refractivity contribution in [1.29, 1.82) is 0 Å². The van der Waals surface area contributed by atoms with Gasteiger partial charge in [0, 0.05) is 11.0 Å². The molecule has 0 radical (unpaired) electrons. The van der Waals surface area contributed by atoms with E-state index in [2.05, 4.69) is 0 Å². The minimum Gasteiger partial charge on any atom is -0.493 e. The van der Waals surface area contributed by atoms with Crippen LogP contribution in [-0.4, -0.2) is 18.2 Å². The van der Waals surface area contributed by atoms with Gasteiger partial charge in [-0.15, -0.1) is 0 Å². The molecule has 19 heavy (non-hydrogen) atoms. The first-order valence-electron chi connectivity index (χ1n) is 6.49. The van der Waals surface area contributed by atoms with Crippen LogP contribution in [-0.2, 0) is 10.2 Å². The highest BCUT2D eigenvalue weighted by molar-refractivity contribution is 5.70. The molecular formula is C15H19FO3. The fraction of sp³-hybridized carbons (Fsp3) is 0.533. The second-order valence-corrected chi connectivity index (χ2v) is 5.59. The minimum atomic E-state index is -0.852. The largest absolute Gasteiger partial charge is 0.493 e. The fourth-order valence-corrected chi connectivity index (χ4v) is 2.53. The number of aliphatic carboxylic acids is 1. The van der Waals surface area contributed by atoms with Crippen LogP contribution >= 0.6 is 0 Å². The Hall–Kier alpha value is -1.58. The van der Waals surface area contributed by atoms with Crippen molar-refractivity contribution in [1.82, 2.24) is 0 Å². The van der Waals surface area contributed by atoms with Crippen molar-refractivity contribution < 1.29 is 19.0 Å². The smallest absolute Gasteiger partial charge is 0.304 e. The lowest BCUT2D eigenvalue weighted by Gasteiger charge is -2.20. The predicted octanol–water partition coefficient (Wildman–Crippen LogP) is 3.46. The van der Waals surface area contributed by atoms with Gasteiger partial charge in [-0.3, -0.25) is 4.79 Å². The zero-order valence-electron chi connectivity index (χ0n) is 11.5. The molecule has 2 rings (SSSR count). The van der Waals surface area contributed by atoms with Gasteiger partial charge in [0.15, 0.2) is 11.6 Å². The van der Waals surface area contributed by atoms with Crippen molar-refractivity contribution in [3.05, 3.63) is 29.1 Å². The standard InChI is InChI=1S/C15H19FO3/c1-9(2)10-6-11(14(19-3)12(16)7-10)15(4-5-15)8-13(17)18/h6-7,9H,4-5,8H2,1-3H3,(H,17,18). The normalized spacial score (nSPS) is 16.5. The molecule has 0 heterocycles. The van der Waals surface area contributed by atoms with E-state index in [1.807, 2.05) is 19.9 Å². The van der Waals surface area contributed by atoms with Gasteiger partial charge >= 0.3 is 5.97 Å². The van der Waals surface area contributed by atoms with Crippen LogP contribution in [0.1, 0.15) is 50.2 Å². The van der Waals surface area contributed by atoms with Crippen molar-refractivity contribution in [3.8, 4) is 5.75 Å². The van der Waals surface area contributed by atoms with Crippen LogP contribution in [0.25, 0.3) is 0 Å². The molecule has 104 valence electrons. The summed E-state index contributed by atoms with van der Waals surface area (Å²) in [5.41, 5.74) is 1.15. The highest BCUT2D eigenvalue weighted by atomic mass is 19.1. The van der Waals surface area contributed by atoms with Gasteiger partial charge in [0.25, 0.3) is 0 Å². The first-order chi connectivity index (χ1) is 8.89. The number of halogens is 1. The lowest BCUT2D eigenvalue weighted by atomic mass is 9.88. The molecule has 1 aromatic rings. The summed E-state index contributed by atoms with van der Waals surface area (Å²) < 4.78 is 19.2. The molecular weight excluding hydrogens is 247 g/mol. The van der Waals surface area contributed by atoms with Gasteiger partial charge in [-0.25, -0.2) is 4.39 Å². The number of carbonyl (C=O) groups is 1. The molecule has 1 saturated carbocycles. The van der Waals surface area contributed by atoms with Crippen LogP contribution in [0, 0.1) is 5.82 Å². The van der Waals surface area contributed by atoms with Gasteiger partial charge in [0.1, 0.15) is 0 Å². The van der Waals surface area contributed by atoms with Crippen molar-refractivity contribution in [2.24, 2.45) is 0 Å². The average Bonchev–Trinajstić information content (AvgIpc) is 3.07. The first kappa shape index (κ1) is 13.8. The van der Waals surface area contributed by atoms with E-state index in [1.54, 1.807) is 0 Å². The number of carboxylic acids is 1. The summed E-state index contributed by atoms with van der Waals surface area (Å²) in [7, 11) is 1.42. The molecule has 1 aliphatic carbocycles. The molecule has 0 saturated heterocycles. The Kier molecular flexibility index (Phi) is 3.52. The van der Waals surface area contributed by atoms with Gasteiger partial charge in [0.2, 0.25) is 0 Å². The number of methoxy groups -OCH3 is 1. The summed E-state index contributed by atoms with van der Waals surface area (Å²) in [5.74, 6) is -0.863. The molecule has 0 unspecified atom stereocenters. The first-order valence-corrected chi connectivity index (χ1v) is 6.49. The topological polar surface area (TPSA) is 46.5 Å². The summed E-state index contributed by atoms with van der Waals surface area (Å²) in [6.45, 7) is 3.98. The molecule has 0 amide bonds. The molecule has 1 aromatic carbocycles. The lowest BCUT2D eigenvalue weighted by molar-refractivity contribution is -0.137. The number of carboxylic acid groups (broad SMARTS) is 1. The second kappa shape index (κ2) is 4.83. The molecule has 1 fully saturated rings. The summed E-state index contributed by atoms with van der Waals surface area (Å²) in [5, 5.41) is 9.03. The van der Waals surface area contributed by atoms with E-state index in [1.165, 1.54) is 13.2 Å². The number of hydrogen-bond acceptors (Lipinski definition) is 2. The summed E-state index contributed by atoms with van der Waals surface area (Å²) in [4.78, 5) is 11.0. The molecule has 4 heteroatoms. The number of rotatable bonds is 5. The lowest BCUT2D eigenvalue weighted by Crippen LogP contribution is -2.15. The van der Waals surface area contributed by atoms with E-state index in [0.717, 1.165) is 18.4 Å². The summed E-state index contributed by atoms with van der Waals surface area (Å²) in [6, 6.07) is 3.38. The van der Waals surface area contributed by atoms with E-state index in [9.17, 15) is 9.18 Å². The number of ether oxygens (including phenoxy) is 1. The van der Waals surface area contributed by atoms with Gasteiger partial charge in [0.05, 0.1) is 13.5 Å². The average molecular weight is 266 g/mol. The summed E-state index contributed by atoms with van der Waals surface area (Å²) in [6.07, 6.45) is 1.58. The van der Waals surface area contributed by atoms with Gasteiger partial charge in [-0.1, -0.05) is 19.9 Å². The highest BCUT2D eigenvalue weighted by Crippen LogP contribution is 2.54. The zero-order valence-corrected chi connectivity index (χ0v) is 11.5. The predicted molar refractivity (Wildman–Crippen MR) is 70.2 cm³/mol. The maximum Gasteiger partial charge on any atom is 0.304 e. The van der Waals surface area contributed by atoms with Crippen LogP contribution in [0.5, 0.6) is 5.75 Å². The zero-order chi connectivity index (χ0) is 14.2. The maximum absolute atomic E-state index is 14.1. The van der Waals surface area contributed by atoms with E-state index < -0.39 is 17.2 Å². The van der Waals surface area contributed by atoms with Crippen LogP contribution < -0.4 is 4.74 Å². The third-order valence-corrected chi connectivity index (χ3v) is 3.85. The van der Waals surface area contributed by atoms with Crippen molar-refractivity contribution in [2.45, 2.75) is 44.4 Å². The molecule has 0 bridgehead atoms. The molecule has 0 aromatic heterocycles. The monoisotopic (exact) mass is 266 g/mol. The Morgan fingerprint density at radius 1 is 1.47 bits per heavy atom. The molecule has 0 atom stereocenters. The Morgan fingerprint density at radius 2 is 2.11 bits per heavy atom. The number of benzene rings is 1. The van der Waals surface area contributed by atoms with Crippen molar-refractivity contribution >= 4 is 5.97 Å². The molecule has 0 spiro atoms. The van der Waals surface area contributed by atoms with E-state index in [-0.39, 0.29) is 18.1 Å². The van der Waals surface area contributed by atoms with Gasteiger partial charge in [-0.05, 0) is 30.4 Å². The fourth-order valence-electron chi connectivity index (χ4n) is 2.53. The highest BCUT2D eigenvalue weighted by Gasteiger charge is 2.48. The molecule has 3 nitrogen and oxygen atoms in total. The SMILES string of the molecule is COc1c(F)cc(C(C)C)cc1C1(CC(=O)O)CC1. The van der Waals surface area contributed by atoms with Crippen molar-refractivity contribution in [3.63, 3.8) is 0 Å². The third-order valence-electron chi connectivity index (χ3n) is 3.85. The Bertz CT molecular complexity index is 504. The van der Waals surface area contributed by atoms with E-state index in [4.69, 9.17) is 9.84 Å². The molecule has 0 aliphatic heterocycles. The van der Waals surface area contributed by atoms with Crippen LogP contribution in [0.2, 0.25) is 0 Å². The van der Waals surface area contributed by atoms with E-state index in [0.29, 0.717) is 5.56 Å². The minimum absolute atomic E-state index is 0.0321. The van der Waals surface area contributed by atoms with Gasteiger partial charge in [-0.2, -0.15) is 0 Å². The van der Waals surface area contributed by atoms with Crippen LogP contribution in [0.4, 0.5) is 4.39 Å². The third kappa shape index (κ3) is 2.57. The second-order valence-electron chi connectivity index (χ2n) is 5.59. The van der Waals surface area contributed by atoms with E-state index >= 15 is 0 Å². The Morgan fingerprint density at radius 3 is 2.53 bits per heavy atom. The van der Waals surface area contributed by atoms with Gasteiger partial charge < -0.3 is 9.84 Å².